The topological polar surface area (TPSA) is 55.8 Å². The molecule has 1 aliphatic heterocycles. The molecule has 0 radical (unpaired) electrons. The van der Waals surface area contributed by atoms with Gasteiger partial charge in [0, 0.05) is 12.5 Å². The molecule has 22 heavy (non-hydrogen) atoms. The van der Waals surface area contributed by atoms with Crippen molar-refractivity contribution in [2.24, 2.45) is 5.41 Å². The van der Waals surface area contributed by atoms with Crippen molar-refractivity contribution in [2.75, 3.05) is 19.1 Å². The first kappa shape index (κ1) is 14.9. The molecule has 0 aromatic heterocycles. The third kappa shape index (κ3) is 2.25. The van der Waals surface area contributed by atoms with Gasteiger partial charge >= 0.3 is 0 Å². The molecule has 2 fully saturated rings. The lowest BCUT2D eigenvalue weighted by Crippen LogP contribution is -2.37. The van der Waals surface area contributed by atoms with Crippen molar-refractivity contribution in [2.45, 2.75) is 38.5 Å². The van der Waals surface area contributed by atoms with Gasteiger partial charge in [-0.05, 0) is 25.0 Å². The second-order valence-electron chi connectivity index (χ2n) is 6.09. The van der Waals surface area contributed by atoms with Crippen molar-refractivity contribution in [1.82, 2.24) is 0 Å². The molecule has 2 aliphatic rings. The number of benzene rings is 1. The number of imide groups is 1. The van der Waals surface area contributed by atoms with Crippen molar-refractivity contribution in [3.63, 3.8) is 0 Å². The Bertz CT molecular complexity index is 605. The first-order chi connectivity index (χ1) is 10.6. The van der Waals surface area contributed by atoms with E-state index >= 15 is 0 Å². The van der Waals surface area contributed by atoms with Crippen molar-refractivity contribution in [1.29, 1.82) is 0 Å². The van der Waals surface area contributed by atoms with E-state index in [0.717, 1.165) is 32.1 Å². The van der Waals surface area contributed by atoms with E-state index in [1.54, 1.807) is 25.3 Å². The Morgan fingerprint density at radius 2 is 1.77 bits per heavy atom. The van der Waals surface area contributed by atoms with Crippen LogP contribution in [0.3, 0.4) is 0 Å². The largest absolute Gasteiger partial charge is 0.497 e. The normalized spacial score (nSPS) is 20.5. The summed E-state index contributed by atoms with van der Waals surface area (Å²) in [6.45, 7) is 0. The average Bonchev–Trinajstić information content (AvgIpc) is 2.78. The van der Waals surface area contributed by atoms with Crippen LogP contribution >= 0.6 is 0 Å². The number of anilines is 1. The number of carbonyl (C=O) groups excluding carboxylic acids is 2. The summed E-state index contributed by atoms with van der Waals surface area (Å²) >= 11 is 0. The highest BCUT2D eigenvalue weighted by molar-refractivity contribution is 6.23. The molecule has 118 valence electrons. The molecule has 1 aliphatic carbocycles. The molecule has 1 aromatic rings. The van der Waals surface area contributed by atoms with Crippen LogP contribution in [0.1, 0.15) is 38.5 Å². The highest BCUT2D eigenvalue weighted by Crippen LogP contribution is 2.48. The SMILES string of the molecule is COc1ccc(N2C(=O)CC3(CCCCC3)C2=O)c(OC)c1. The van der Waals surface area contributed by atoms with Gasteiger partial charge in [-0.1, -0.05) is 19.3 Å². The maximum absolute atomic E-state index is 12.9. The maximum atomic E-state index is 12.9. The molecule has 0 atom stereocenters. The zero-order valence-corrected chi connectivity index (χ0v) is 13.1. The van der Waals surface area contributed by atoms with Gasteiger partial charge in [0.25, 0.3) is 0 Å². The van der Waals surface area contributed by atoms with Crippen LogP contribution in [-0.2, 0) is 9.59 Å². The number of hydrogen-bond acceptors (Lipinski definition) is 4. The molecule has 1 aromatic carbocycles. The summed E-state index contributed by atoms with van der Waals surface area (Å²) in [7, 11) is 3.09. The molecule has 1 saturated carbocycles. The molecule has 1 saturated heterocycles. The second-order valence-corrected chi connectivity index (χ2v) is 6.09. The van der Waals surface area contributed by atoms with E-state index in [4.69, 9.17) is 9.47 Å². The second kappa shape index (κ2) is 5.63. The standard InChI is InChI=1S/C17H21NO4/c1-21-12-6-7-13(14(10-12)22-2)18-15(19)11-17(16(18)20)8-4-3-5-9-17/h6-7,10H,3-5,8-9,11H2,1-2H3. The van der Waals surface area contributed by atoms with Gasteiger partial charge in [-0.3, -0.25) is 9.59 Å². The monoisotopic (exact) mass is 303 g/mol. The number of amides is 2. The minimum absolute atomic E-state index is 0.0688. The summed E-state index contributed by atoms with van der Waals surface area (Å²) < 4.78 is 10.5. The minimum Gasteiger partial charge on any atom is -0.497 e. The fourth-order valence-electron chi connectivity index (χ4n) is 3.63. The summed E-state index contributed by atoms with van der Waals surface area (Å²) in [5, 5.41) is 0. The number of nitrogens with zero attached hydrogens (tertiary/aromatic N) is 1. The molecule has 0 bridgehead atoms. The van der Waals surface area contributed by atoms with Crippen LogP contribution in [0.15, 0.2) is 18.2 Å². The van der Waals surface area contributed by atoms with Crippen LogP contribution in [0.4, 0.5) is 5.69 Å². The summed E-state index contributed by atoms with van der Waals surface area (Å²) in [5.74, 6) is 0.914. The molecule has 0 unspecified atom stereocenters. The molecule has 3 rings (SSSR count). The van der Waals surface area contributed by atoms with E-state index in [2.05, 4.69) is 0 Å². The highest BCUT2D eigenvalue weighted by atomic mass is 16.5. The molecule has 0 N–H and O–H groups in total. The van der Waals surface area contributed by atoms with E-state index in [0.29, 0.717) is 23.6 Å². The Hall–Kier alpha value is -2.04. The number of rotatable bonds is 3. The molecular weight excluding hydrogens is 282 g/mol. The zero-order chi connectivity index (χ0) is 15.7. The minimum atomic E-state index is -0.486. The van der Waals surface area contributed by atoms with Gasteiger partial charge in [0.1, 0.15) is 11.5 Å². The first-order valence-corrected chi connectivity index (χ1v) is 7.71. The summed E-state index contributed by atoms with van der Waals surface area (Å²) in [6, 6.07) is 5.15. The maximum Gasteiger partial charge on any atom is 0.240 e. The van der Waals surface area contributed by atoms with E-state index in [-0.39, 0.29) is 11.8 Å². The van der Waals surface area contributed by atoms with E-state index in [1.165, 1.54) is 12.0 Å². The van der Waals surface area contributed by atoms with Crippen LogP contribution < -0.4 is 14.4 Å². The summed E-state index contributed by atoms with van der Waals surface area (Å²) in [5.41, 5.74) is 0.0287. The van der Waals surface area contributed by atoms with Gasteiger partial charge in [0.2, 0.25) is 11.8 Å². The smallest absolute Gasteiger partial charge is 0.240 e. The summed E-state index contributed by atoms with van der Waals surface area (Å²) in [6.07, 6.45) is 5.13. The van der Waals surface area contributed by atoms with Crippen LogP contribution in [0, 0.1) is 5.41 Å². The van der Waals surface area contributed by atoms with Gasteiger partial charge in [0.15, 0.2) is 0 Å². The van der Waals surface area contributed by atoms with Crippen molar-refractivity contribution < 1.29 is 19.1 Å². The number of hydrogen-bond donors (Lipinski definition) is 0. The van der Waals surface area contributed by atoms with Gasteiger partial charge in [0.05, 0.1) is 25.3 Å². The lowest BCUT2D eigenvalue weighted by Gasteiger charge is -2.30. The van der Waals surface area contributed by atoms with Crippen LogP contribution in [-0.4, -0.2) is 26.0 Å². The molecule has 5 heteroatoms. The third-order valence-electron chi connectivity index (χ3n) is 4.83. The molecule has 2 amide bonds. The summed E-state index contributed by atoms with van der Waals surface area (Å²) in [4.78, 5) is 26.7. The lowest BCUT2D eigenvalue weighted by atomic mass is 9.73. The van der Waals surface area contributed by atoms with E-state index in [9.17, 15) is 9.59 Å². The average molecular weight is 303 g/mol. The van der Waals surface area contributed by atoms with Gasteiger partial charge < -0.3 is 9.47 Å². The predicted octanol–water partition coefficient (Wildman–Crippen LogP) is 2.92. The van der Waals surface area contributed by atoms with E-state index < -0.39 is 5.41 Å². The van der Waals surface area contributed by atoms with Crippen LogP contribution in [0.5, 0.6) is 11.5 Å². The molecule has 5 nitrogen and oxygen atoms in total. The fraction of sp³-hybridized carbons (Fsp3) is 0.529. The third-order valence-corrected chi connectivity index (χ3v) is 4.83. The Kier molecular flexibility index (Phi) is 3.81. The molecule has 1 spiro atoms. The Balaban J connectivity index is 1.98. The number of methoxy groups -OCH3 is 2. The van der Waals surface area contributed by atoms with Crippen molar-refractivity contribution in [3.8, 4) is 11.5 Å². The lowest BCUT2D eigenvalue weighted by molar-refractivity contribution is -0.127. The van der Waals surface area contributed by atoms with Gasteiger partial charge in [-0.2, -0.15) is 0 Å². The predicted molar refractivity (Wildman–Crippen MR) is 82.2 cm³/mol. The number of ether oxygens (including phenoxy) is 2. The van der Waals surface area contributed by atoms with Gasteiger partial charge in [-0.25, -0.2) is 4.90 Å². The van der Waals surface area contributed by atoms with Crippen molar-refractivity contribution >= 4 is 17.5 Å². The Morgan fingerprint density at radius 1 is 1.05 bits per heavy atom. The van der Waals surface area contributed by atoms with Crippen LogP contribution in [0.2, 0.25) is 0 Å². The quantitative estimate of drug-likeness (QED) is 0.806. The Morgan fingerprint density at radius 3 is 2.41 bits per heavy atom. The fourth-order valence-corrected chi connectivity index (χ4v) is 3.63. The van der Waals surface area contributed by atoms with E-state index in [1.807, 2.05) is 0 Å². The number of carbonyl (C=O) groups is 2. The first-order valence-electron chi connectivity index (χ1n) is 7.71. The molecule has 1 heterocycles. The molecular formula is C17H21NO4. The van der Waals surface area contributed by atoms with Crippen LogP contribution in [0.25, 0.3) is 0 Å². The van der Waals surface area contributed by atoms with Crippen molar-refractivity contribution in [3.05, 3.63) is 18.2 Å². The Labute approximate surface area is 130 Å². The van der Waals surface area contributed by atoms with Gasteiger partial charge in [-0.15, -0.1) is 0 Å². The zero-order valence-electron chi connectivity index (χ0n) is 13.1. The highest BCUT2D eigenvalue weighted by Gasteiger charge is 2.52.